The summed E-state index contributed by atoms with van der Waals surface area (Å²) in [5.74, 6) is 0.0431. The molecule has 3 heterocycles. The van der Waals surface area contributed by atoms with Crippen molar-refractivity contribution in [2.45, 2.75) is 20.8 Å². The molecule has 0 aliphatic rings. The van der Waals surface area contributed by atoms with Crippen LogP contribution in [0, 0.1) is 20.8 Å². The number of pyridine rings is 1. The summed E-state index contributed by atoms with van der Waals surface area (Å²) in [6.45, 7) is 5.81. The zero-order valence-corrected chi connectivity index (χ0v) is 15.4. The molecular formula is C21H19N5O. The Kier molecular flexibility index (Phi) is 3.96. The number of nitrogens with two attached hydrogens (primary N) is 1. The van der Waals surface area contributed by atoms with Crippen LogP contribution in [0.2, 0.25) is 0 Å². The quantitative estimate of drug-likeness (QED) is 0.584. The predicted molar refractivity (Wildman–Crippen MR) is 105 cm³/mol. The highest BCUT2D eigenvalue weighted by Crippen LogP contribution is 2.31. The van der Waals surface area contributed by atoms with Crippen molar-refractivity contribution in [3.05, 3.63) is 65.1 Å². The minimum atomic E-state index is -0.522. The van der Waals surface area contributed by atoms with E-state index in [0.29, 0.717) is 17.1 Å². The van der Waals surface area contributed by atoms with Crippen molar-refractivity contribution in [2.75, 3.05) is 0 Å². The molecular weight excluding hydrogens is 338 g/mol. The molecule has 0 unspecified atom stereocenters. The first-order chi connectivity index (χ1) is 12.9. The highest BCUT2D eigenvalue weighted by atomic mass is 16.1. The van der Waals surface area contributed by atoms with Crippen LogP contribution in [0.15, 0.2) is 42.6 Å². The molecule has 4 aromatic rings. The van der Waals surface area contributed by atoms with Gasteiger partial charge in [0.15, 0.2) is 5.82 Å². The number of amides is 1. The molecule has 0 fully saturated rings. The van der Waals surface area contributed by atoms with Crippen molar-refractivity contribution in [3.63, 3.8) is 0 Å². The molecule has 27 heavy (non-hydrogen) atoms. The third kappa shape index (κ3) is 2.95. The highest BCUT2D eigenvalue weighted by Gasteiger charge is 2.14. The van der Waals surface area contributed by atoms with Gasteiger partial charge in [0.05, 0.1) is 22.6 Å². The number of hydrogen-bond donors (Lipinski definition) is 2. The molecule has 0 saturated carbocycles. The summed E-state index contributed by atoms with van der Waals surface area (Å²) in [6, 6.07) is 12.0. The van der Waals surface area contributed by atoms with Crippen molar-refractivity contribution in [3.8, 4) is 22.8 Å². The Morgan fingerprint density at radius 3 is 2.59 bits per heavy atom. The maximum Gasteiger partial charge on any atom is 0.252 e. The van der Waals surface area contributed by atoms with Crippen LogP contribution in [0.4, 0.5) is 0 Å². The van der Waals surface area contributed by atoms with E-state index in [1.807, 2.05) is 37.3 Å². The molecule has 0 radical (unpaired) electrons. The Morgan fingerprint density at radius 2 is 1.89 bits per heavy atom. The normalized spacial score (nSPS) is 11.1. The van der Waals surface area contributed by atoms with E-state index in [1.54, 1.807) is 6.92 Å². The predicted octanol–water partition coefficient (Wildman–Crippen LogP) is 3.71. The van der Waals surface area contributed by atoms with Crippen molar-refractivity contribution < 1.29 is 4.79 Å². The average Bonchev–Trinajstić information content (AvgIpc) is 2.97. The van der Waals surface area contributed by atoms with Gasteiger partial charge in [0.2, 0.25) is 0 Å². The van der Waals surface area contributed by atoms with E-state index in [0.717, 1.165) is 39.1 Å². The van der Waals surface area contributed by atoms with Gasteiger partial charge in [-0.05, 0) is 56.7 Å². The first kappa shape index (κ1) is 16.9. The zero-order valence-electron chi connectivity index (χ0n) is 15.4. The van der Waals surface area contributed by atoms with Gasteiger partial charge in [-0.1, -0.05) is 6.07 Å². The van der Waals surface area contributed by atoms with Gasteiger partial charge in [0, 0.05) is 28.4 Å². The van der Waals surface area contributed by atoms with Crippen LogP contribution in [0.25, 0.3) is 33.7 Å². The van der Waals surface area contributed by atoms with Crippen molar-refractivity contribution in [1.29, 1.82) is 0 Å². The zero-order chi connectivity index (χ0) is 19.1. The molecule has 0 bridgehead atoms. The van der Waals surface area contributed by atoms with E-state index in [9.17, 15) is 4.79 Å². The molecule has 1 amide bonds. The van der Waals surface area contributed by atoms with Crippen LogP contribution in [0.5, 0.6) is 0 Å². The summed E-state index contributed by atoms with van der Waals surface area (Å²) in [5.41, 5.74) is 12.2. The third-order valence-electron chi connectivity index (χ3n) is 4.71. The van der Waals surface area contributed by atoms with Crippen molar-refractivity contribution in [2.24, 2.45) is 5.73 Å². The number of aryl methyl sites for hydroxylation is 3. The standard InChI is InChI=1S/C21H19N5O/c1-11-5-4-6-18(24-11)19-12(2)15-9-14(7-8-17(15)26-19)21-23-10-16(20(22)27)13(3)25-21/h4-10,26H,1-3H3,(H2,22,27). The lowest BCUT2D eigenvalue weighted by Crippen LogP contribution is -2.14. The summed E-state index contributed by atoms with van der Waals surface area (Å²) in [5, 5.41) is 1.09. The minimum Gasteiger partial charge on any atom is -0.365 e. The van der Waals surface area contributed by atoms with E-state index >= 15 is 0 Å². The number of carbonyl (C=O) groups excluding carboxylic acids is 1. The fourth-order valence-corrected chi connectivity index (χ4v) is 3.25. The van der Waals surface area contributed by atoms with Crippen LogP contribution in [-0.2, 0) is 0 Å². The summed E-state index contributed by atoms with van der Waals surface area (Å²) in [4.78, 5) is 28.2. The molecule has 6 nitrogen and oxygen atoms in total. The van der Waals surface area contributed by atoms with E-state index in [1.165, 1.54) is 6.20 Å². The number of hydrogen-bond acceptors (Lipinski definition) is 4. The summed E-state index contributed by atoms with van der Waals surface area (Å²) < 4.78 is 0. The topological polar surface area (TPSA) is 97.6 Å². The molecule has 4 rings (SSSR count). The van der Waals surface area contributed by atoms with Crippen LogP contribution in [0.3, 0.4) is 0 Å². The molecule has 0 aliphatic carbocycles. The van der Waals surface area contributed by atoms with Gasteiger partial charge in [0.25, 0.3) is 5.91 Å². The van der Waals surface area contributed by atoms with E-state index in [2.05, 4.69) is 32.9 Å². The Hall–Kier alpha value is -3.54. The molecule has 1 aromatic carbocycles. The Morgan fingerprint density at radius 1 is 1.07 bits per heavy atom. The third-order valence-corrected chi connectivity index (χ3v) is 4.71. The number of carbonyl (C=O) groups is 1. The molecule has 0 aliphatic heterocycles. The number of nitrogens with one attached hydrogen (secondary N) is 1. The fraction of sp³-hybridized carbons (Fsp3) is 0.143. The van der Waals surface area contributed by atoms with Gasteiger partial charge >= 0.3 is 0 Å². The average molecular weight is 357 g/mol. The largest absolute Gasteiger partial charge is 0.365 e. The SMILES string of the molecule is Cc1cccc(-c2[nH]c3ccc(-c4ncc(C(N)=O)c(C)n4)cc3c2C)n1. The number of aromatic amines is 1. The van der Waals surface area contributed by atoms with Crippen LogP contribution in [0.1, 0.15) is 27.3 Å². The molecule has 134 valence electrons. The molecule has 0 saturated heterocycles. The second-order valence-electron chi connectivity index (χ2n) is 6.61. The second-order valence-corrected chi connectivity index (χ2v) is 6.61. The number of rotatable bonds is 3. The lowest BCUT2D eigenvalue weighted by molar-refractivity contribution is 0.0999. The van der Waals surface area contributed by atoms with Gasteiger partial charge in [-0.25, -0.2) is 9.97 Å². The van der Waals surface area contributed by atoms with Crippen molar-refractivity contribution >= 4 is 16.8 Å². The Bertz CT molecular complexity index is 1190. The van der Waals surface area contributed by atoms with Gasteiger partial charge in [0.1, 0.15) is 0 Å². The van der Waals surface area contributed by atoms with Gasteiger partial charge < -0.3 is 10.7 Å². The highest BCUT2D eigenvalue weighted by molar-refractivity contribution is 5.94. The number of primary amides is 1. The van der Waals surface area contributed by atoms with Crippen LogP contribution in [-0.4, -0.2) is 25.8 Å². The van der Waals surface area contributed by atoms with Gasteiger partial charge in [-0.2, -0.15) is 0 Å². The van der Waals surface area contributed by atoms with Crippen molar-refractivity contribution in [1.82, 2.24) is 19.9 Å². The minimum absolute atomic E-state index is 0.338. The number of fused-ring (bicyclic) bond motifs is 1. The smallest absolute Gasteiger partial charge is 0.252 e. The molecule has 6 heteroatoms. The van der Waals surface area contributed by atoms with Gasteiger partial charge in [-0.15, -0.1) is 0 Å². The summed E-state index contributed by atoms with van der Waals surface area (Å²) >= 11 is 0. The van der Waals surface area contributed by atoms with Crippen LogP contribution >= 0.6 is 0 Å². The Balaban J connectivity index is 1.82. The summed E-state index contributed by atoms with van der Waals surface area (Å²) in [6.07, 6.45) is 1.48. The monoisotopic (exact) mass is 357 g/mol. The maximum absolute atomic E-state index is 11.4. The van der Waals surface area contributed by atoms with E-state index in [-0.39, 0.29) is 0 Å². The lowest BCUT2D eigenvalue weighted by atomic mass is 10.1. The second kappa shape index (κ2) is 6.32. The van der Waals surface area contributed by atoms with E-state index < -0.39 is 5.91 Å². The van der Waals surface area contributed by atoms with E-state index in [4.69, 9.17) is 5.73 Å². The summed E-state index contributed by atoms with van der Waals surface area (Å²) in [7, 11) is 0. The molecule has 3 aromatic heterocycles. The van der Waals surface area contributed by atoms with Crippen LogP contribution < -0.4 is 5.73 Å². The first-order valence-corrected chi connectivity index (χ1v) is 8.64. The van der Waals surface area contributed by atoms with Gasteiger partial charge in [-0.3, -0.25) is 9.78 Å². The molecule has 0 spiro atoms. The number of benzene rings is 1. The number of nitrogens with zero attached hydrogens (tertiary/aromatic N) is 3. The fourth-order valence-electron chi connectivity index (χ4n) is 3.25. The number of aromatic nitrogens is 4. The Labute approximate surface area is 156 Å². The number of H-pyrrole nitrogens is 1. The molecule has 3 N–H and O–H groups in total. The maximum atomic E-state index is 11.4. The molecule has 0 atom stereocenters. The first-order valence-electron chi connectivity index (χ1n) is 8.64. The lowest BCUT2D eigenvalue weighted by Gasteiger charge is -2.05.